The monoisotopic (exact) mass is 384 g/mol. The van der Waals surface area contributed by atoms with Crippen molar-refractivity contribution in [1.29, 1.82) is 0 Å². The highest BCUT2D eigenvalue weighted by molar-refractivity contribution is 6.15. The zero-order valence-electron chi connectivity index (χ0n) is 16.8. The minimum absolute atomic E-state index is 0.792. The lowest BCUT2D eigenvalue weighted by Crippen LogP contribution is -2.12. The van der Waals surface area contributed by atoms with Crippen LogP contribution in [0.4, 0.5) is 0 Å². The zero-order valence-corrected chi connectivity index (χ0v) is 16.8. The van der Waals surface area contributed by atoms with Gasteiger partial charge in [-0.2, -0.15) is 0 Å². The van der Waals surface area contributed by atoms with Gasteiger partial charge in [-0.3, -0.25) is 9.98 Å². The number of hydrogen-bond donors (Lipinski definition) is 0. The molecule has 0 fully saturated rings. The van der Waals surface area contributed by atoms with Crippen LogP contribution < -0.4 is 9.47 Å². The number of hydrogen-bond acceptors (Lipinski definition) is 4. The molecule has 0 N–H and O–H groups in total. The molecule has 2 heterocycles. The molecule has 1 aromatic heterocycles. The van der Waals surface area contributed by atoms with Gasteiger partial charge in [-0.1, -0.05) is 30.3 Å². The Hall–Kier alpha value is -3.40. The number of benzene rings is 2. The summed E-state index contributed by atoms with van der Waals surface area (Å²) in [5, 5.41) is 0. The Morgan fingerprint density at radius 1 is 0.897 bits per heavy atom. The van der Waals surface area contributed by atoms with Crippen LogP contribution in [0.25, 0.3) is 17.2 Å². The summed E-state index contributed by atoms with van der Waals surface area (Å²) in [6.45, 7) is 0.844. The summed E-state index contributed by atoms with van der Waals surface area (Å²) in [5.74, 6) is 1.60. The molecular weight excluding hydrogens is 360 g/mol. The maximum atomic E-state index is 5.88. The predicted octanol–water partition coefficient (Wildman–Crippen LogP) is 5.43. The lowest BCUT2D eigenvalue weighted by Gasteiger charge is -2.19. The first-order valence-corrected chi connectivity index (χ1v) is 9.78. The Bertz CT molecular complexity index is 1040. The standard InChI is InChI=1S/C25H24N2O2/c1-28-22-13-12-20(25(29-2)23(22)18-8-4-3-5-9-18)16-19-10-7-15-27-24(19)21-11-6-14-26-17-21/h3-6,8-9,11-14,16-17H,7,10,15H2,1-2H3. The first-order chi connectivity index (χ1) is 14.3. The quantitative estimate of drug-likeness (QED) is 0.589. The van der Waals surface area contributed by atoms with Crippen LogP contribution in [0.5, 0.6) is 11.5 Å². The van der Waals surface area contributed by atoms with Crippen molar-refractivity contribution in [1.82, 2.24) is 4.98 Å². The fraction of sp³-hybridized carbons (Fsp3) is 0.200. The van der Waals surface area contributed by atoms with Crippen LogP contribution in [0.2, 0.25) is 0 Å². The first-order valence-electron chi connectivity index (χ1n) is 9.78. The molecule has 4 rings (SSSR count). The van der Waals surface area contributed by atoms with E-state index < -0.39 is 0 Å². The second-order valence-electron chi connectivity index (χ2n) is 6.88. The molecule has 0 spiro atoms. The molecular formula is C25H24N2O2. The Labute approximate surface area is 171 Å². The maximum absolute atomic E-state index is 5.88. The predicted molar refractivity (Wildman–Crippen MR) is 118 cm³/mol. The van der Waals surface area contributed by atoms with Crippen molar-refractivity contribution in [2.75, 3.05) is 20.8 Å². The van der Waals surface area contributed by atoms with Crippen molar-refractivity contribution in [3.05, 3.63) is 83.7 Å². The van der Waals surface area contributed by atoms with E-state index in [1.165, 1.54) is 5.57 Å². The maximum Gasteiger partial charge on any atom is 0.137 e. The van der Waals surface area contributed by atoms with Crippen LogP contribution in [0, 0.1) is 0 Å². The van der Waals surface area contributed by atoms with E-state index >= 15 is 0 Å². The van der Waals surface area contributed by atoms with Gasteiger partial charge in [0.15, 0.2) is 0 Å². The number of ether oxygens (including phenoxy) is 2. The fourth-order valence-corrected chi connectivity index (χ4v) is 3.75. The smallest absolute Gasteiger partial charge is 0.137 e. The van der Waals surface area contributed by atoms with Gasteiger partial charge in [0.1, 0.15) is 11.5 Å². The number of allylic oxidation sites excluding steroid dienone is 1. The summed E-state index contributed by atoms with van der Waals surface area (Å²) < 4.78 is 11.5. The minimum atomic E-state index is 0.792. The van der Waals surface area contributed by atoms with E-state index in [-0.39, 0.29) is 0 Å². The lowest BCUT2D eigenvalue weighted by atomic mass is 9.93. The Balaban J connectivity index is 1.85. The van der Waals surface area contributed by atoms with Crippen LogP contribution >= 0.6 is 0 Å². The number of pyridine rings is 1. The Morgan fingerprint density at radius 3 is 2.45 bits per heavy atom. The first kappa shape index (κ1) is 18.9. The molecule has 0 unspecified atom stereocenters. The topological polar surface area (TPSA) is 43.7 Å². The Morgan fingerprint density at radius 2 is 1.72 bits per heavy atom. The van der Waals surface area contributed by atoms with Crippen LogP contribution in [-0.2, 0) is 0 Å². The summed E-state index contributed by atoms with van der Waals surface area (Å²) in [4.78, 5) is 9.05. The van der Waals surface area contributed by atoms with Crippen molar-refractivity contribution in [3.63, 3.8) is 0 Å². The van der Waals surface area contributed by atoms with Crippen molar-refractivity contribution in [2.45, 2.75) is 12.8 Å². The van der Waals surface area contributed by atoms with E-state index in [1.54, 1.807) is 20.4 Å². The summed E-state index contributed by atoms with van der Waals surface area (Å²) in [6, 6.07) is 18.2. The van der Waals surface area contributed by atoms with Gasteiger partial charge in [-0.15, -0.1) is 0 Å². The van der Waals surface area contributed by atoms with Crippen molar-refractivity contribution in [3.8, 4) is 22.6 Å². The number of aromatic nitrogens is 1. The van der Waals surface area contributed by atoms with Gasteiger partial charge in [-0.25, -0.2) is 0 Å². The largest absolute Gasteiger partial charge is 0.496 e. The summed E-state index contributed by atoms with van der Waals surface area (Å²) >= 11 is 0. The molecule has 4 nitrogen and oxygen atoms in total. The highest BCUT2D eigenvalue weighted by Crippen LogP contribution is 2.42. The third-order valence-corrected chi connectivity index (χ3v) is 5.08. The van der Waals surface area contributed by atoms with Crippen molar-refractivity contribution < 1.29 is 9.47 Å². The molecule has 0 saturated carbocycles. The van der Waals surface area contributed by atoms with Gasteiger partial charge in [0, 0.05) is 30.1 Å². The van der Waals surface area contributed by atoms with Crippen molar-refractivity contribution >= 4 is 11.8 Å². The average molecular weight is 384 g/mol. The average Bonchev–Trinajstić information content (AvgIpc) is 2.80. The molecule has 4 heteroatoms. The van der Waals surface area contributed by atoms with Gasteiger partial charge >= 0.3 is 0 Å². The molecule has 0 bridgehead atoms. The molecule has 29 heavy (non-hydrogen) atoms. The van der Waals surface area contributed by atoms with E-state index in [1.807, 2.05) is 42.6 Å². The van der Waals surface area contributed by atoms with Crippen molar-refractivity contribution in [2.24, 2.45) is 4.99 Å². The third-order valence-electron chi connectivity index (χ3n) is 5.08. The van der Waals surface area contributed by atoms with Crippen LogP contribution in [0.15, 0.2) is 77.6 Å². The molecule has 2 aromatic carbocycles. The lowest BCUT2D eigenvalue weighted by molar-refractivity contribution is 0.397. The molecule has 1 aliphatic heterocycles. The molecule has 0 aliphatic carbocycles. The van der Waals surface area contributed by atoms with Gasteiger partial charge in [-0.05, 0) is 54.3 Å². The van der Waals surface area contributed by atoms with Gasteiger partial charge in [0.2, 0.25) is 0 Å². The number of nitrogens with zero attached hydrogens (tertiary/aromatic N) is 2. The molecule has 0 radical (unpaired) electrons. The molecule has 0 atom stereocenters. The van der Waals surface area contributed by atoms with Gasteiger partial charge < -0.3 is 9.47 Å². The van der Waals surface area contributed by atoms with Crippen LogP contribution in [0.3, 0.4) is 0 Å². The highest BCUT2D eigenvalue weighted by atomic mass is 16.5. The van der Waals surface area contributed by atoms with E-state index in [4.69, 9.17) is 14.5 Å². The molecule has 0 amide bonds. The Kier molecular flexibility index (Phi) is 5.71. The second-order valence-corrected chi connectivity index (χ2v) is 6.88. The van der Waals surface area contributed by atoms with Crippen LogP contribution in [-0.4, -0.2) is 31.5 Å². The zero-order chi connectivity index (χ0) is 20.1. The SMILES string of the molecule is COc1ccc(C=C2CCCN=C2c2cccnc2)c(OC)c1-c1ccccc1. The molecule has 146 valence electrons. The van der Waals surface area contributed by atoms with Crippen LogP contribution in [0.1, 0.15) is 24.0 Å². The molecule has 3 aromatic rings. The van der Waals surface area contributed by atoms with E-state index in [0.717, 1.165) is 58.9 Å². The number of aliphatic imine (C=N–C) groups is 1. The van der Waals surface area contributed by atoms with E-state index in [2.05, 4.69) is 29.3 Å². The summed E-state index contributed by atoms with van der Waals surface area (Å²) in [6.07, 6.45) is 7.87. The molecule has 1 aliphatic rings. The van der Waals surface area contributed by atoms with E-state index in [0.29, 0.717) is 0 Å². The third kappa shape index (κ3) is 3.92. The fourth-order valence-electron chi connectivity index (χ4n) is 3.75. The summed E-state index contributed by atoms with van der Waals surface area (Å²) in [7, 11) is 3.40. The highest BCUT2D eigenvalue weighted by Gasteiger charge is 2.19. The van der Waals surface area contributed by atoms with Gasteiger partial charge in [0.25, 0.3) is 0 Å². The normalized spacial score (nSPS) is 15.1. The number of rotatable bonds is 5. The number of methoxy groups -OCH3 is 2. The second kappa shape index (κ2) is 8.74. The summed E-state index contributed by atoms with van der Waals surface area (Å²) in [5.41, 5.74) is 6.30. The van der Waals surface area contributed by atoms with Gasteiger partial charge in [0.05, 0.1) is 25.5 Å². The molecule has 0 saturated heterocycles. The minimum Gasteiger partial charge on any atom is -0.496 e. The van der Waals surface area contributed by atoms with E-state index in [9.17, 15) is 0 Å².